The van der Waals surface area contributed by atoms with E-state index in [-0.39, 0.29) is 0 Å². The molecule has 0 N–H and O–H groups in total. The minimum atomic E-state index is 0.553. The normalized spacial score (nSPS) is 10.1. The number of hydrogen-bond acceptors (Lipinski definition) is 2. The molecule has 0 aliphatic carbocycles. The maximum Gasteiger partial charge on any atom is 0.184 e. The van der Waals surface area contributed by atoms with Gasteiger partial charge in [-0.2, -0.15) is 0 Å². The Morgan fingerprint density at radius 3 is 2.57 bits per heavy atom. The Kier molecular flexibility index (Phi) is 2.66. The van der Waals surface area contributed by atoms with Crippen LogP contribution < -0.4 is 0 Å². The second kappa shape index (κ2) is 3.95. The lowest BCUT2D eigenvalue weighted by Gasteiger charge is -2.00. The van der Waals surface area contributed by atoms with E-state index in [4.69, 9.17) is 11.6 Å². The molecule has 0 saturated heterocycles. The Morgan fingerprint density at radius 1 is 1.29 bits per heavy atom. The van der Waals surface area contributed by atoms with Gasteiger partial charge in [-0.05, 0) is 11.1 Å². The van der Waals surface area contributed by atoms with Crippen molar-refractivity contribution in [1.82, 2.24) is 4.98 Å². The summed E-state index contributed by atoms with van der Waals surface area (Å²) in [6.45, 7) is 4.02. The van der Waals surface area contributed by atoms with Crippen LogP contribution in [0.4, 0.5) is 0 Å². The summed E-state index contributed by atoms with van der Waals surface area (Å²) >= 11 is 7.20. The molecule has 2 rings (SSSR count). The Hall–Kier alpha value is -1.12. The summed E-state index contributed by atoms with van der Waals surface area (Å²) in [5.74, 6) is 0. The predicted octanol–water partition coefficient (Wildman–Crippen LogP) is 3.86. The molecule has 0 aliphatic heterocycles. The second-order valence-corrected chi connectivity index (χ2v) is 4.43. The van der Waals surface area contributed by atoms with Crippen LogP contribution in [0, 0.1) is 0 Å². The highest BCUT2D eigenvalue weighted by molar-refractivity contribution is 7.16. The molecule has 0 radical (unpaired) electrons. The highest BCUT2D eigenvalue weighted by Crippen LogP contribution is 2.28. The lowest BCUT2D eigenvalue weighted by atomic mass is 10.1. The van der Waals surface area contributed by atoms with Gasteiger partial charge < -0.3 is 0 Å². The zero-order valence-electron chi connectivity index (χ0n) is 7.40. The molecule has 0 unspecified atom stereocenters. The summed E-state index contributed by atoms with van der Waals surface area (Å²) in [4.78, 5) is 5.00. The van der Waals surface area contributed by atoms with Crippen LogP contribution in [-0.4, -0.2) is 4.98 Å². The van der Waals surface area contributed by atoms with E-state index in [2.05, 4.69) is 11.6 Å². The summed E-state index contributed by atoms with van der Waals surface area (Å²) in [5.41, 5.74) is 2.07. The van der Waals surface area contributed by atoms with E-state index in [1.54, 1.807) is 6.20 Å². The van der Waals surface area contributed by atoms with Gasteiger partial charge in [0, 0.05) is 6.20 Å². The topological polar surface area (TPSA) is 12.9 Å². The first kappa shape index (κ1) is 9.44. The molecule has 1 heterocycles. The SMILES string of the molecule is C=C(c1ccccc1)c1cnc(Cl)s1. The van der Waals surface area contributed by atoms with Gasteiger partial charge in [0.05, 0.1) is 4.88 Å². The van der Waals surface area contributed by atoms with Crippen LogP contribution >= 0.6 is 22.9 Å². The summed E-state index contributed by atoms with van der Waals surface area (Å²) in [6, 6.07) is 10.0. The molecular weight excluding hydrogens is 214 g/mol. The first-order valence-electron chi connectivity index (χ1n) is 4.13. The minimum absolute atomic E-state index is 0.553. The van der Waals surface area contributed by atoms with Crippen molar-refractivity contribution in [1.29, 1.82) is 0 Å². The van der Waals surface area contributed by atoms with Crippen LogP contribution in [0.3, 0.4) is 0 Å². The van der Waals surface area contributed by atoms with E-state index in [0.29, 0.717) is 4.47 Å². The number of hydrogen-bond donors (Lipinski definition) is 0. The molecule has 3 heteroatoms. The minimum Gasteiger partial charge on any atom is -0.233 e. The van der Waals surface area contributed by atoms with Crippen molar-refractivity contribution in [2.24, 2.45) is 0 Å². The smallest absolute Gasteiger partial charge is 0.184 e. The van der Waals surface area contributed by atoms with Crippen LogP contribution in [0.1, 0.15) is 10.4 Å². The molecule has 0 bridgehead atoms. The van der Waals surface area contributed by atoms with Gasteiger partial charge in [0.1, 0.15) is 0 Å². The van der Waals surface area contributed by atoms with Crippen LogP contribution in [0.5, 0.6) is 0 Å². The third-order valence-corrected chi connectivity index (χ3v) is 3.07. The van der Waals surface area contributed by atoms with Gasteiger partial charge in [-0.25, -0.2) is 4.98 Å². The fourth-order valence-electron chi connectivity index (χ4n) is 1.17. The van der Waals surface area contributed by atoms with Crippen LogP contribution in [0.2, 0.25) is 4.47 Å². The van der Waals surface area contributed by atoms with Crippen molar-refractivity contribution in [3.05, 3.63) is 58.0 Å². The number of benzene rings is 1. The highest BCUT2D eigenvalue weighted by atomic mass is 35.5. The van der Waals surface area contributed by atoms with Gasteiger partial charge in [-0.15, -0.1) is 11.3 Å². The van der Waals surface area contributed by atoms with Gasteiger partial charge in [-0.1, -0.05) is 48.5 Å². The standard InChI is InChI=1S/C11H8ClNS/c1-8(9-5-3-2-4-6-9)10-7-13-11(12)14-10/h2-7H,1H2. The first-order chi connectivity index (χ1) is 6.77. The third-order valence-electron chi connectivity index (χ3n) is 1.90. The van der Waals surface area contributed by atoms with E-state index in [9.17, 15) is 0 Å². The summed E-state index contributed by atoms with van der Waals surface area (Å²) in [6.07, 6.45) is 1.75. The van der Waals surface area contributed by atoms with Crippen LogP contribution in [0.25, 0.3) is 5.57 Å². The summed E-state index contributed by atoms with van der Waals surface area (Å²) in [7, 11) is 0. The summed E-state index contributed by atoms with van der Waals surface area (Å²) in [5, 5.41) is 0. The van der Waals surface area contributed by atoms with Crippen molar-refractivity contribution in [3.63, 3.8) is 0 Å². The average Bonchev–Trinajstić information content (AvgIpc) is 2.65. The van der Waals surface area contributed by atoms with Crippen LogP contribution in [0.15, 0.2) is 43.1 Å². The fourth-order valence-corrected chi connectivity index (χ4v) is 2.11. The zero-order chi connectivity index (χ0) is 9.97. The zero-order valence-corrected chi connectivity index (χ0v) is 8.98. The number of aromatic nitrogens is 1. The average molecular weight is 222 g/mol. The van der Waals surface area contributed by atoms with E-state index in [0.717, 1.165) is 16.0 Å². The molecule has 0 spiro atoms. The quantitative estimate of drug-likeness (QED) is 0.751. The predicted molar refractivity (Wildman–Crippen MR) is 61.7 cm³/mol. The second-order valence-electron chi connectivity index (χ2n) is 2.82. The van der Waals surface area contributed by atoms with Crippen LogP contribution in [-0.2, 0) is 0 Å². The van der Waals surface area contributed by atoms with Gasteiger partial charge in [0.15, 0.2) is 4.47 Å². The molecule has 0 amide bonds. The molecule has 70 valence electrons. The van der Waals surface area contributed by atoms with Gasteiger partial charge in [0.25, 0.3) is 0 Å². The maximum atomic E-state index is 5.76. The molecule has 1 nitrogen and oxygen atoms in total. The highest BCUT2D eigenvalue weighted by Gasteiger charge is 2.05. The monoisotopic (exact) mass is 221 g/mol. The van der Waals surface area contributed by atoms with Crippen molar-refractivity contribution in [2.75, 3.05) is 0 Å². The lowest BCUT2D eigenvalue weighted by molar-refractivity contribution is 1.41. The van der Waals surface area contributed by atoms with Crippen molar-refractivity contribution in [2.45, 2.75) is 0 Å². The van der Waals surface area contributed by atoms with Crippen molar-refractivity contribution in [3.8, 4) is 0 Å². The first-order valence-corrected chi connectivity index (χ1v) is 5.33. The van der Waals surface area contributed by atoms with E-state index in [1.807, 2.05) is 30.3 Å². The van der Waals surface area contributed by atoms with Crippen molar-refractivity contribution >= 4 is 28.5 Å². The fraction of sp³-hybridized carbons (Fsp3) is 0. The molecule has 2 aromatic rings. The summed E-state index contributed by atoms with van der Waals surface area (Å²) < 4.78 is 0.553. The Balaban J connectivity index is 2.34. The largest absolute Gasteiger partial charge is 0.233 e. The van der Waals surface area contributed by atoms with Gasteiger partial charge in [0.2, 0.25) is 0 Å². The maximum absolute atomic E-state index is 5.76. The van der Waals surface area contributed by atoms with Crippen molar-refractivity contribution < 1.29 is 0 Å². The Bertz CT molecular complexity index is 447. The number of thiazole rings is 1. The molecule has 0 fully saturated rings. The molecule has 1 aromatic carbocycles. The number of nitrogens with zero attached hydrogens (tertiary/aromatic N) is 1. The molecule has 0 aliphatic rings. The number of rotatable bonds is 2. The van der Waals surface area contributed by atoms with E-state index < -0.39 is 0 Å². The Labute approximate surface area is 91.7 Å². The lowest BCUT2D eigenvalue weighted by Crippen LogP contribution is -1.80. The molecule has 0 saturated carbocycles. The molecular formula is C11H8ClNS. The van der Waals surface area contributed by atoms with E-state index >= 15 is 0 Å². The molecule has 14 heavy (non-hydrogen) atoms. The Morgan fingerprint density at radius 2 is 2.00 bits per heavy atom. The molecule has 1 aromatic heterocycles. The molecule has 0 atom stereocenters. The van der Waals surface area contributed by atoms with E-state index in [1.165, 1.54) is 11.3 Å². The van der Waals surface area contributed by atoms with Gasteiger partial charge >= 0.3 is 0 Å². The third kappa shape index (κ3) is 1.86. The van der Waals surface area contributed by atoms with Gasteiger partial charge in [-0.3, -0.25) is 0 Å². The number of halogens is 1.